The van der Waals surface area contributed by atoms with E-state index in [1.807, 2.05) is 37.6 Å². The summed E-state index contributed by atoms with van der Waals surface area (Å²) in [7, 11) is 1.59. The summed E-state index contributed by atoms with van der Waals surface area (Å²) >= 11 is 0. The van der Waals surface area contributed by atoms with E-state index in [1.165, 1.54) is 0 Å². The lowest BCUT2D eigenvalue weighted by Gasteiger charge is -2.12. The Morgan fingerprint density at radius 2 is 1.76 bits per heavy atom. The molecule has 0 saturated heterocycles. The molecule has 0 amide bonds. The van der Waals surface area contributed by atoms with Crippen LogP contribution in [0.3, 0.4) is 0 Å². The van der Waals surface area contributed by atoms with Gasteiger partial charge in [0.05, 0.1) is 7.11 Å². The third-order valence-corrected chi connectivity index (χ3v) is 2.52. The Balaban J connectivity index is 2.33. The molecule has 2 rings (SSSR count). The van der Waals surface area contributed by atoms with Crippen LogP contribution in [0.15, 0.2) is 18.2 Å². The topological polar surface area (TPSA) is 52.0 Å². The highest BCUT2D eigenvalue weighted by Gasteiger charge is 2.05. The Morgan fingerprint density at radius 3 is 2.35 bits per heavy atom. The molecule has 2 aromatic heterocycles. The molecule has 5 nitrogen and oxygen atoms in total. The van der Waals surface area contributed by atoms with Gasteiger partial charge < -0.3 is 4.74 Å². The molecule has 1 N–H and O–H groups in total. The highest BCUT2D eigenvalue weighted by atomic mass is 16.5. The highest BCUT2D eigenvalue weighted by Crippen LogP contribution is 2.13. The zero-order valence-electron chi connectivity index (χ0n) is 10.5. The zero-order valence-corrected chi connectivity index (χ0v) is 10.5. The summed E-state index contributed by atoms with van der Waals surface area (Å²) in [6.07, 6.45) is 0. The summed E-state index contributed by atoms with van der Waals surface area (Å²) in [5.41, 5.74) is 6.22. The summed E-state index contributed by atoms with van der Waals surface area (Å²) in [4.78, 5) is 8.56. The van der Waals surface area contributed by atoms with Gasteiger partial charge in [0.25, 0.3) is 0 Å². The fourth-order valence-electron chi connectivity index (χ4n) is 1.64. The molecule has 0 aromatic carbocycles. The van der Waals surface area contributed by atoms with Gasteiger partial charge in [0.2, 0.25) is 11.8 Å². The van der Waals surface area contributed by atoms with Crippen molar-refractivity contribution < 1.29 is 4.74 Å². The van der Waals surface area contributed by atoms with Crippen LogP contribution >= 0.6 is 0 Å². The summed E-state index contributed by atoms with van der Waals surface area (Å²) in [6.45, 7) is 5.95. The maximum Gasteiger partial charge on any atom is 0.245 e. The highest BCUT2D eigenvalue weighted by molar-refractivity contribution is 5.32. The second kappa shape index (κ2) is 4.45. The number of anilines is 1. The van der Waals surface area contributed by atoms with Crippen LogP contribution in [0.5, 0.6) is 5.88 Å². The molecule has 0 atom stereocenters. The molecule has 5 heteroatoms. The van der Waals surface area contributed by atoms with Gasteiger partial charge in [-0.15, -0.1) is 0 Å². The van der Waals surface area contributed by atoms with Crippen LogP contribution in [-0.2, 0) is 0 Å². The standard InChI is InChI=1S/C12H16N4O/c1-8-7-11(17-4)14-12(13-8)15-16-9(2)5-6-10(16)3/h5-7H,1-4H3,(H,13,14,15). The SMILES string of the molecule is COc1cc(C)nc(Nn2c(C)ccc2C)n1. The molecular formula is C12H16N4O. The van der Waals surface area contributed by atoms with Gasteiger partial charge in [-0.1, -0.05) is 0 Å². The third kappa shape index (κ3) is 2.38. The van der Waals surface area contributed by atoms with Gasteiger partial charge in [0, 0.05) is 23.1 Å². The predicted octanol–water partition coefficient (Wildman–Crippen LogP) is 2.09. The Bertz CT molecular complexity index is 514. The van der Waals surface area contributed by atoms with E-state index in [0.29, 0.717) is 11.8 Å². The van der Waals surface area contributed by atoms with Crippen LogP contribution in [0.1, 0.15) is 17.1 Å². The summed E-state index contributed by atoms with van der Waals surface area (Å²) in [5, 5.41) is 0. The van der Waals surface area contributed by atoms with E-state index in [4.69, 9.17) is 4.74 Å². The third-order valence-electron chi connectivity index (χ3n) is 2.52. The number of aromatic nitrogens is 3. The molecule has 90 valence electrons. The average Bonchev–Trinajstić information content (AvgIpc) is 2.60. The van der Waals surface area contributed by atoms with Crippen LogP contribution in [0, 0.1) is 20.8 Å². The lowest BCUT2D eigenvalue weighted by Crippen LogP contribution is -2.15. The van der Waals surface area contributed by atoms with E-state index >= 15 is 0 Å². The van der Waals surface area contributed by atoms with Gasteiger partial charge in [-0.05, 0) is 32.9 Å². The molecule has 2 aromatic rings. The maximum atomic E-state index is 5.11. The van der Waals surface area contributed by atoms with Crippen molar-refractivity contribution in [2.24, 2.45) is 0 Å². The smallest absolute Gasteiger partial charge is 0.245 e. The summed E-state index contributed by atoms with van der Waals surface area (Å²) in [5.74, 6) is 1.09. The first kappa shape index (κ1) is 11.4. The number of aryl methyl sites for hydroxylation is 3. The normalized spacial score (nSPS) is 10.4. The van der Waals surface area contributed by atoms with E-state index in [2.05, 4.69) is 15.4 Å². The second-order valence-electron chi connectivity index (χ2n) is 3.94. The number of rotatable bonds is 3. The van der Waals surface area contributed by atoms with Crippen molar-refractivity contribution in [3.05, 3.63) is 35.3 Å². The van der Waals surface area contributed by atoms with Crippen molar-refractivity contribution in [1.29, 1.82) is 0 Å². The van der Waals surface area contributed by atoms with Gasteiger partial charge >= 0.3 is 0 Å². The zero-order chi connectivity index (χ0) is 12.4. The van der Waals surface area contributed by atoms with Crippen molar-refractivity contribution in [2.45, 2.75) is 20.8 Å². The number of nitrogens with zero attached hydrogens (tertiary/aromatic N) is 3. The molecule has 0 saturated carbocycles. The van der Waals surface area contributed by atoms with E-state index in [1.54, 1.807) is 13.2 Å². The fourth-order valence-corrected chi connectivity index (χ4v) is 1.64. The number of ether oxygens (including phenoxy) is 1. The van der Waals surface area contributed by atoms with E-state index in [9.17, 15) is 0 Å². The van der Waals surface area contributed by atoms with Crippen LogP contribution < -0.4 is 10.2 Å². The fraction of sp³-hybridized carbons (Fsp3) is 0.333. The minimum atomic E-state index is 0.532. The van der Waals surface area contributed by atoms with Crippen LogP contribution in [-0.4, -0.2) is 21.8 Å². The number of hydrogen-bond donors (Lipinski definition) is 1. The van der Waals surface area contributed by atoms with Crippen LogP contribution in [0.2, 0.25) is 0 Å². The number of hydrogen-bond acceptors (Lipinski definition) is 4. The summed E-state index contributed by atoms with van der Waals surface area (Å²) in [6, 6.07) is 5.87. The Morgan fingerprint density at radius 1 is 1.12 bits per heavy atom. The number of nitrogens with one attached hydrogen (secondary N) is 1. The quantitative estimate of drug-likeness (QED) is 0.880. The maximum absolute atomic E-state index is 5.11. The molecule has 0 unspecified atom stereocenters. The van der Waals surface area contributed by atoms with E-state index in [0.717, 1.165) is 17.1 Å². The predicted molar refractivity (Wildman–Crippen MR) is 66.2 cm³/mol. The Kier molecular flexibility index (Phi) is 2.99. The molecule has 0 bridgehead atoms. The molecule has 17 heavy (non-hydrogen) atoms. The molecule has 2 heterocycles. The van der Waals surface area contributed by atoms with Crippen LogP contribution in [0.4, 0.5) is 5.95 Å². The summed E-state index contributed by atoms with van der Waals surface area (Å²) < 4.78 is 7.05. The minimum absolute atomic E-state index is 0.532. The molecular weight excluding hydrogens is 216 g/mol. The molecule has 0 fully saturated rings. The van der Waals surface area contributed by atoms with E-state index in [-0.39, 0.29) is 0 Å². The number of methoxy groups -OCH3 is 1. The van der Waals surface area contributed by atoms with Crippen molar-refractivity contribution >= 4 is 5.95 Å². The minimum Gasteiger partial charge on any atom is -0.481 e. The molecule has 0 spiro atoms. The Hall–Kier alpha value is -2.04. The first-order valence-corrected chi connectivity index (χ1v) is 5.42. The molecule has 0 aliphatic heterocycles. The van der Waals surface area contributed by atoms with Gasteiger partial charge in [-0.2, -0.15) is 4.98 Å². The van der Waals surface area contributed by atoms with Crippen molar-refractivity contribution in [3.63, 3.8) is 0 Å². The molecule has 0 aliphatic rings. The first-order valence-electron chi connectivity index (χ1n) is 5.42. The average molecular weight is 232 g/mol. The van der Waals surface area contributed by atoms with Gasteiger partial charge in [0.15, 0.2) is 0 Å². The van der Waals surface area contributed by atoms with Crippen molar-refractivity contribution in [2.75, 3.05) is 12.5 Å². The van der Waals surface area contributed by atoms with Gasteiger partial charge in [-0.3, -0.25) is 10.1 Å². The van der Waals surface area contributed by atoms with Gasteiger partial charge in [0.1, 0.15) is 0 Å². The second-order valence-corrected chi connectivity index (χ2v) is 3.94. The lowest BCUT2D eigenvalue weighted by molar-refractivity contribution is 0.397. The van der Waals surface area contributed by atoms with Crippen molar-refractivity contribution in [3.8, 4) is 5.88 Å². The molecule has 0 aliphatic carbocycles. The molecule has 0 radical (unpaired) electrons. The lowest BCUT2D eigenvalue weighted by atomic mass is 10.4. The van der Waals surface area contributed by atoms with Crippen molar-refractivity contribution in [1.82, 2.24) is 14.6 Å². The monoisotopic (exact) mass is 232 g/mol. The van der Waals surface area contributed by atoms with E-state index < -0.39 is 0 Å². The van der Waals surface area contributed by atoms with Gasteiger partial charge in [-0.25, -0.2) is 4.98 Å². The van der Waals surface area contributed by atoms with Crippen LogP contribution in [0.25, 0.3) is 0 Å². The largest absolute Gasteiger partial charge is 0.481 e. The Labute approximate surface area is 100 Å². The first-order chi connectivity index (χ1) is 8.10.